The summed E-state index contributed by atoms with van der Waals surface area (Å²) >= 11 is 6.39. The molecule has 0 radical (unpaired) electrons. The van der Waals surface area contributed by atoms with E-state index in [0.717, 1.165) is 34.7 Å². The van der Waals surface area contributed by atoms with Crippen molar-refractivity contribution in [3.8, 4) is 22.7 Å². The first-order chi connectivity index (χ1) is 14.1. The van der Waals surface area contributed by atoms with Gasteiger partial charge in [0.2, 0.25) is 0 Å². The molecule has 0 bridgehead atoms. The molecule has 2 aromatic carbocycles. The zero-order valence-corrected chi connectivity index (χ0v) is 17.2. The summed E-state index contributed by atoms with van der Waals surface area (Å²) in [5.74, 6) is 0.759. The van der Waals surface area contributed by atoms with Gasteiger partial charge in [-0.3, -0.25) is 4.79 Å². The molecular weight excluding hydrogens is 402 g/mol. The van der Waals surface area contributed by atoms with Gasteiger partial charge in [-0.25, -0.2) is 4.68 Å². The normalized spacial score (nSPS) is 19.3. The molecule has 1 atom stereocenters. The van der Waals surface area contributed by atoms with E-state index in [9.17, 15) is 4.79 Å². The average molecular weight is 420 g/mol. The molecule has 144 valence electrons. The van der Waals surface area contributed by atoms with E-state index >= 15 is 0 Å². The second-order valence-corrected chi connectivity index (χ2v) is 8.74. The molecule has 5 nitrogen and oxygen atoms in total. The Morgan fingerprint density at radius 1 is 1.28 bits per heavy atom. The van der Waals surface area contributed by atoms with Crippen molar-refractivity contribution in [1.29, 1.82) is 0 Å². The number of nitrogens with zero attached hydrogens (tertiary/aromatic N) is 2. The Morgan fingerprint density at radius 2 is 2.10 bits per heavy atom. The molecule has 3 heterocycles. The molecule has 1 saturated heterocycles. The summed E-state index contributed by atoms with van der Waals surface area (Å²) in [5.41, 5.74) is 4.81. The first-order valence-corrected chi connectivity index (χ1v) is 10.5. The van der Waals surface area contributed by atoms with E-state index in [1.165, 1.54) is 17.3 Å². The van der Waals surface area contributed by atoms with Crippen LogP contribution in [0.4, 0.5) is 0 Å². The maximum absolute atomic E-state index is 12.2. The fourth-order valence-electron chi connectivity index (χ4n) is 3.56. The van der Waals surface area contributed by atoms with Crippen molar-refractivity contribution in [2.45, 2.75) is 19.4 Å². The van der Waals surface area contributed by atoms with Crippen LogP contribution in [-0.4, -0.2) is 26.1 Å². The molecule has 5 rings (SSSR count). The number of carbonyl (C=O) groups excluding carboxylic acids is 1. The quantitative estimate of drug-likeness (QED) is 0.505. The number of hydrogen-bond acceptors (Lipinski definition) is 5. The Morgan fingerprint density at radius 3 is 2.86 bits per heavy atom. The molecule has 1 unspecified atom stereocenters. The topological polar surface area (TPSA) is 56.2 Å². The van der Waals surface area contributed by atoms with Crippen LogP contribution in [0.1, 0.15) is 18.1 Å². The Kier molecular flexibility index (Phi) is 4.49. The molecule has 2 aliphatic heterocycles. The second kappa shape index (κ2) is 7.17. The molecule has 1 aromatic heterocycles. The van der Waals surface area contributed by atoms with Crippen molar-refractivity contribution < 1.29 is 9.53 Å². The molecule has 0 spiro atoms. The highest BCUT2D eigenvalue weighted by Crippen LogP contribution is 2.35. The maximum Gasteiger partial charge on any atom is 0.263 e. The third kappa shape index (κ3) is 3.47. The molecule has 2 aliphatic rings. The minimum Gasteiger partial charge on any atom is -0.490 e. The van der Waals surface area contributed by atoms with Crippen LogP contribution in [0.15, 0.2) is 59.6 Å². The van der Waals surface area contributed by atoms with Crippen molar-refractivity contribution in [2.24, 2.45) is 0 Å². The predicted molar refractivity (Wildman–Crippen MR) is 119 cm³/mol. The molecule has 1 amide bonds. The van der Waals surface area contributed by atoms with Gasteiger partial charge in [0.15, 0.2) is 0 Å². The number of amides is 1. The number of rotatable bonds is 3. The van der Waals surface area contributed by atoms with Crippen LogP contribution in [0.25, 0.3) is 23.0 Å². The number of carbonyl (C=O) groups is 1. The largest absolute Gasteiger partial charge is 0.490 e. The van der Waals surface area contributed by atoms with Gasteiger partial charge < -0.3 is 10.1 Å². The van der Waals surface area contributed by atoms with E-state index in [-0.39, 0.29) is 12.0 Å². The number of para-hydroxylation sites is 1. The van der Waals surface area contributed by atoms with E-state index in [2.05, 4.69) is 18.3 Å². The van der Waals surface area contributed by atoms with Gasteiger partial charge in [-0.15, -0.1) is 0 Å². The standard InChI is InChI=1S/C22H17N3O2S2/c1-13-9-15-10-14(7-8-18(15)27-13)20-16(11-19-21(26)23-22(28)29-19)12-25(24-20)17-5-3-2-4-6-17/h2-8,10-13H,9H2,1H3,(H,23,26,28). The smallest absolute Gasteiger partial charge is 0.263 e. The van der Waals surface area contributed by atoms with E-state index in [4.69, 9.17) is 22.1 Å². The van der Waals surface area contributed by atoms with Crippen molar-refractivity contribution in [3.05, 3.63) is 70.8 Å². The molecule has 0 aliphatic carbocycles. The number of ether oxygens (including phenoxy) is 1. The lowest BCUT2D eigenvalue weighted by Crippen LogP contribution is -2.17. The second-order valence-electron chi connectivity index (χ2n) is 7.02. The first kappa shape index (κ1) is 18.1. The molecule has 3 aromatic rings. The third-order valence-corrected chi connectivity index (χ3v) is 6.02. The van der Waals surface area contributed by atoms with Crippen LogP contribution in [0.2, 0.25) is 0 Å². The van der Waals surface area contributed by atoms with Crippen LogP contribution in [0.3, 0.4) is 0 Å². The lowest BCUT2D eigenvalue weighted by molar-refractivity contribution is -0.115. The Balaban J connectivity index is 1.63. The molecule has 1 N–H and O–H groups in total. The van der Waals surface area contributed by atoms with Crippen molar-refractivity contribution >= 4 is 40.3 Å². The van der Waals surface area contributed by atoms with Gasteiger partial charge in [0.1, 0.15) is 21.9 Å². The molecular formula is C22H17N3O2S2. The average Bonchev–Trinajstić information content (AvgIpc) is 3.38. The van der Waals surface area contributed by atoms with Crippen LogP contribution in [0.5, 0.6) is 5.75 Å². The monoisotopic (exact) mass is 419 g/mol. The van der Waals surface area contributed by atoms with Gasteiger partial charge in [-0.2, -0.15) is 5.10 Å². The third-order valence-electron chi connectivity index (χ3n) is 4.86. The fraction of sp³-hybridized carbons (Fsp3) is 0.136. The number of hydrogen-bond donors (Lipinski definition) is 1. The van der Waals surface area contributed by atoms with Gasteiger partial charge in [-0.05, 0) is 48.9 Å². The van der Waals surface area contributed by atoms with E-state index in [1.54, 1.807) is 0 Å². The van der Waals surface area contributed by atoms with E-state index in [1.807, 2.05) is 59.4 Å². The highest BCUT2D eigenvalue weighted by molar-refractivity contribution is 8.26. The van der Waals surface area contributed by atoms with Crippen molar-refractivity contribution in [1.82, 2.24) is 15.1 Å². The number of fused-ring (bicyclic) bond motifs is 1. The molecule has 0 saturated carbocycles. The Hall–Kier alpha value is -2.90. The molecule has 29 heavy (non-hydrogen) atoms. The lowest BCUT2D eigenvalue weighted by Gasteiger charge is -2.04. The molecule has 7 heteroatoms. The lowest BCUT2D eigenvalue weighted by atomic mass is 10.0. The zero-order chi connectivity index (χ0) is 20.0. The van der Waals surface area contributed by atoms with E-state index < -0.39 is 0 Å². The summed E-state index contributed by atoms with van der Waals surface area (Å²) in [5, 5.41) is 7.51. The van der Waals surface area contributed by atoms with Crippen LogP contribution >= 0.6 is 24.0 Å². The van der Waals surface area contributed by atoms with Crippen molar-refractivity contribution in [3.63, 3.8) is 0 Å². The van der Waals surface area contributed by atoms with Gasteiger partial charge in [-0.1, -0.05) is 42.2 Å². The zero-order valence-electron chi connectivity index (χ0n) is 15.6. The Labute approximate surface area is 177 Å². The summed E-state index contributed by atoms with van der Waals surface area (Å²) < 4.78 is 8.14. The fourth-order valence-corrected chi connectivity index (χ4v) is 4.60. The van der Waals surface area contributed by atoms with Crippen LogP contribution in [-0.2, 0) is 11.2 Å². The summed E-state index contributed by atoms with van der Waals surface area (Å²) in [6.45, 7) is 2.07. The van der Waals surface area contributed by atoms with Crippen LogP contribution in [0, 0.1) is 0 Å². The summed E-state index contributed by atoms with van der Waals surface area (Å²) in [6, 6.07) is 16.1. The number of nitrogens with one attached hydrogen (secondary N) is 1. The van der Waals surface area contributed by atoms with Gasteiger partial charge in [0, 0.05) is 23.7 Å². The molecule has 1 fully saturated rings. The summed E-state index contributed by atoms with van der Waals surface area (Å²) in [4.78, 5) is 12.7. The minimum atomic E-state index is -0.172. The first-order valence-electron chi connectivity index (χ1n) is 9.27. The minimum absolute atomic E-state index is 0.172. The van der Waals surface area contributed by atoms with Gasteiger partial charge in [0.05, 0.1) is 10.6 Å². The summed E-state index contributed by atoms with van der Waals surface area (Å²) in [6.07, 6.45) is 4.86. The highest BCUT2D eigenvalue weighted by Gasteiger charge is 2.24. The maximum atomic E-state index is 12.2. The van der Waals surface area contributed by atoms with E-state index in [0.29, 0.717) is 9.23 Å². The number of thioether (sulfide) groups is 1. The number of thiocarbonyl (C=S) groups is 1. The summed E-state index contributed by atoms with van der Waals surface area (Å²) in [7, 11) is 0. The number of aromatic nitrogens is 2. The number of benzene rings is 2. The van der Waals surface area contributed by atoms with Gasteiger partial charge in [0.25, 0.3) is 5.91 Å². The SMILES string of the molecule is CC1Cc2cc(-c3nn(-c4ccccc4)cc3C=C3SC(=S)NC3=O)ccc2O1. The van der Waals surface area contributed by atoms with Gasteiger partial charge >= 0.3 is 0 Å². The van der Waals surface area contributed by atoms with Crippen LogP contribution < -0.4 is 10.1 Å². The van der Waals surface area contributed by atoms with Crippen molar-refractivity contribution in [2.75, 3.05) is 0 Å². The Bertz CT molecular complexity index is 1170. The highest BCUT2D eigenvalue weighted by atomic mass is 32.2. The predicted octanol–water partition coefficient (Wildman–Crippen LogP) is 4.35.